The molecule has 1 aliphatic heterocycles. The number of carbonyl (C=O) groups excluding carboxylic acids is 1. The fraction of sp³-hybridized carbons (Fsp3) is 0.846. The average molecular weight is 319 g/mol. The van der Waals surface area contributed by atoms with Crippen LogP contribution in [0.5, 0.6) is 0 Å². The van der Waals surface area contributed by atoms with Gasteiger partial charge >= 0.3 is 5.97 Å². The molecule has 0 bridgehead atoms. The van der Waals surface area contributed by atoms with Crippen LogP contribution in [0.4, 0.5) is 0 Å². The Labute approximate surface area is 126 Å². The fourth-order valence-corrected chi connectivity index (χ4v) is 2.66. The maximum Gasteiger partial charge on any atom is 0.308 e. The van der Waals surface area contributed by atoms with Gasteiger partial charge in [0, 0.05) is 25.9 Å². The minimum atomic E-state index is -3.00. The number of aliphatic imine (C=N–C) groups is 1. The fourth-order valence-electron chi connectivity index (χ4n) is 2.24. The summed E-state index contributed by atoms with van der Waals surface area (Å²) >= 11 is 0. The van der Waals surface area contributed by atoms with Crippen molar-refractivity contribution in [3.63, 3.8) is 0 Å². The lowest BCUT2D eigenvalue weighted by Gasteiger charge is -2.33. The molecule has 1 heterocycles. The van der Waals surface area contributed by atoms with Gasteiger partial charge in [-0.05, 0) is 19.8 Å². The van der Waals surface area contributed by atoms with Crippen molar-refractivity contribution >= 4 is 21.8 Å². The Bertz CT molecular complexity index is 468. The first-order valence-corrected chi connectivity index (χ1v) is 9.22. The summed E-state index contributed by atoms with van der Waals surface area (Å²) in [4.78, 5) is 17.9. The molecule has 1 N–H and O–H groups in total. The number of esters is 1. The van der Waals surface area contributed by atoms with Gasteiger partial charge in [0.05, 0.1) is 25.3 Å². The molecule has 0 unspecified atom stereocenters. The Morgan fingerprint density at radius 3 is 2.48 bits per heavy atom. The minimum Gasteiger partial charge on any atom is -0.469 e. The highest BCUT2D eigenvalue weighted by Crippen LogP contribution is 2.18. The van der Waals surface area contributed by atoms with Gasteiger partial charge in [0.25, 0.3) is 0 Å². The lowest BCUT2D eigenvalue weighted by molar-refractivity contribution is -0.146. The van der Waals surface area contributed by atoms with Crippen molar-refractivity contribution in [2.24, 2.45) is 10.9 Å². The van der Waals surface area contributed by atoms with Gasteiger partial charge in [0.2, 0.25) is 0 Å². The Morgan fingerprint density at radius 2 is 2.00 bits per heavy atom. The number of rotatable bonds is 5. The molecule has 1 aliphatic rings. The van der Waals surface area contributed by atoms with E-state index in [0.29, 0.717) is 25.6 Å². The maximum absolute atomic E-state index is 11.5. The molecule has 21 heavy (non-hydrogen) atoms. The molecular weight excluding hydrogens is 294 g/mol. The molecule has 1 saturated heterocycles. The predicted octanol–water partition coefficient (Wildman–Crippen LogP) is -0.118. The second-order valence-corrected chi connectivity index (χ2v) is 7.41. The molecule has 0 saturated carbocycles. The van der Waals surface area contributed by atoms with E-state index >= 15 is 0 Å². The van der Waals surface area contributed by atoms with Crippen molar-refractivity contribution in [1.29, 1.82) is 0 Å². The SMILES string of the molecule is CCNC(=NCCS(C)(=O)=O)N1CCC(C(=O)OC)CC1. The molecule has 0 radical (unpaired) electrons. The largest absolute Gasteiger partial charge is 0.469 e. The first-order valence-electron chi connectivity index (χ1n) is 7.16. The van der Waals surface area contributed by atoms with E-state index < -0.39 is 9.84 Å². The molecule has 0 aromatic rings. The highest BCUT2D eigenvalue weighted by Gasteiger charge is 2.26. The number of methoxy groups -OCH3 is 1. The number of hydrogen-bond acceptors (Lipinski definition) is 5. The van der Waals surface area contributed by atoms with Crippen LogP contribution >= 0.6 is 0 Å². The van der Waals surface area contributed by atoms with Crippen molar-refractivity contribution in [1.82, 2.24) is 10.2 Å². The van der Waals surface area contributed by atoms with Crippen LogP contribution in [0.1, 0.15) is 19.8 Å². The quantitative estimate of drug-likeness (QED) is 0.432. The topological polar surface area (TPSA) is 88.1 Å². The zero-order valence-electron chi connectivity index (χ0n) is 13.0. The van der Waals surface area contributed by atoms with Crippen LogP contribution in [0.3, 0.4) is 0 Å². The van der Waals surface area contributed by atoms with Crippen molar-refractivity contribution in [2.75, 3.05) is 45.3 Å². The van der Waals surface area contributed by atoms with Crippen LogP contribution in [0.25, 0.3) is 0 Å². The summed E-state index contributed by atoms with van der Waals surface area (Å²) < 4.78 is 27.1. The van der Waals surface area contributed by atoms with E-state index in [-0.39, 0.29) is 24.2 Å². The third kappa shape index (κ3) is 6.33. The molecule has 1 fully saturated rings. The van der Waals surface area contributed by atoms with E-state index in [0.717, 1.165) is 12.8 Å². The van der Waals surface area contributed by atoms with Crippen LogP contribution in [0.2, 0.25) is 0 Å². The van der Waals surface area contributed by atoms with Crippen LogP contribution in [-0.2, 0) is 19.4 Å². The van der Waals surface area contributed by atoms with Crippen molar-refractivity contribution in [3.05, 3.63) is 0 Å². The minimum absolute atomic E-state index is 0.0422. The van der Waals surface area contributed by atoms with Crippen LogP contribution in [-0.4, -0.2) is 70.5 Å². The lowest BCUT2D eigenvalue weighted by Crippen LogP contribution is -2.46. The van der Waals surface area contributed by atoms with E-state index in [9.17, 15) is 13.2 Å². The third-order valence-corrected chi connectivity index (χ3v) is 4.31. The summed E-state index contributed by atoms with van der Waals surface area (Å²) in [7, 11) is -1.60. The van der Waals surface area contributed by atoms with Crippen molar-refractivity contribution < 1.29 is 17.9 Å². The number of likely N-dealkylation sites (tertiary alicyclic amines) is 1. The maximum atomic E-state index is 11.5. The second kappa shape index (κ2) is 8.21. The average Bonchev–Trinajstić information content (AvgIpc) is 2.44. The summed E-state index contributed by atoms with van der Waals surface area (Å²) in [5, 5.41) is 3.16. The van der Waals surface area contributed by atoms with Crippen molar-refractivity contribution in [3.8, 4) is 0 Å². The number of sulfone groups is 1. The molecule has 7 nitrogen and oxygen atoms in total. The monoisotopic (exact) mass is 319 g/mol. The van der Waals surface area contributed by atoms with Gasteiger partial charge in [-0.15, -0.1) is 0 Å². The highest BCUT2D eigenvalue weighted by atomic mass is 32.2. The summed E-state index contributed by atoms with van der Waals surface area (Å²) in [5.74, 6) is 0.545. The van der Waals surface area contributed by atoms with Gasteiger partial charge in [-0.3, -0.25) is 9.79 Å². The Balaban J connectivity index is 2.58. The Morgan fingerprint density at radius 1 is 1.38 bits per heavy atom. The summed E-state index contributed by atoms with van der Waals surface area (Å²) in [5.41, 5.74) is 0. The van der Waals surface area contributed by atoms with Gasteiger partial charge in [0.1, 0.15) is 9.84 Å². The molecule has 122 valence electrons. The zero-order valence-corrected chi connectivity index (χ0v) is 13.8. The molecule has 0 amide bonds. The lowest BCUT2D eigenvalue weighted by atomic mass is 9.97. The molecule has 8 heteroatoms. The molecule has 0 aromatic heterocycles. The molecule has 0 atom stereocenters. The van der Waals surface area contributed by atoms with E-state index in [1.807, 2.05) is 6.92 Å². The Hall–Kier alpha value is -1.31. The first-order chi connectivity index (χ1) is 9.87. The van der Waals surface area contributed by atoms with Crippen molar-refractivity contribution in [2.45, 2.75) is 19.8 Å². The smallest absolute Gasteiger partial charge is 0.308 e. The summed E-state index contributed by atoms with van der Waals surface area (Å²) in [6.07, 6.45) is 2.66. The van der Waals surface area contributed by atoms with Crippen LogP contribution in [0.15, 0.2) is 4.99 Å². The zero-order chi connectivity index (χ0) is 15.9. The normalized spacial score (nSPS) is 17.7. The number of nitrogens with zero attached hydrogens (tertiary/aromatic N) is 2. The number of piperidine rings is 1. The van der Waals surface area contributed by atoms with Gasteiger partial charge in [0.15, 0.2) is 5.96 Å². The van der Waals surface area contributed by atoms with Gasteiger partial charge in [-0.25, -0.2) is 8.42 Å². The standard InChI is InChI=1S/C13H25N3O4S/c1-4-14-13(15-7-10-21(3,18)19)16-8-5-11(6-9-16)12(17)20-2/h11H,4-10H2,1-3H3,(H,14,15). The summed E-state index contributed by atoms with van der Waals surface area (Å²) in [6, 6.07) is 0. The van der Waals surface area contributed by atoms with Crippen LogP contribution in [0, 0.1) is 5.92 Å². The predicted molar refractivity (Wildman–Crippen MR) is 82.0 cm³/mol. The molecule has 0 spiro atoms. The third-order valence-electron chi connectivity index (χ3n) is 3.39. The number of carbonyl (C=O) groups is 1. The number of nitrogens with one attached hydrogen (secondary N) is 1. The highest BCUT2D eigenvalue weighted by molar-refractivity contribution is 7.90. The van der Waals surface area contributed by atoms with Gasteiger partial charge < -0.3 is 15.0 Å². The summed E-state index contributed by atoms with van der Waals surface area (Å²) in [6.45, 7) is 4.36. The van der Waals surface area contributed by atoms with E-state index in [1.54, 1.807) is 0 Å². The number of ether oxygens (including phenoxy) is 1. The molecule has 1 rings (SSSR count). The molecule has 0 aromatic carbocycles. The number of hydrogen-bond donors (Lipinski definition) is 1. The molecule has 0 aliphatic carbocycles. The van der Waals surface area contributed by atoms with Gasteiger partial charge in [-0.2, -0.15) is 0 Å². The van der Waals surface area contributed by atoms with Gasteiger partial charge in [-0.1, -0.05) is 0 Å². The van der Waals surface area contributed by atoms with E-state index in [2.05, 4.69) is 15.2 Å². The second-order valence-electron chi connectivity index (χ2n) is 5.15. The van der Waals surface area contributed by atoms with Crippen LogP contribution < -0.4 is 5.32 Å². The number of guanidine groups is 1. The Kier molecular flexibility index (Phi) is 6.94. The van der Waals surface area contributed by atoms with E-state index in [4.69, 9.17) is 4.74 Å². The molecular formula is C13H25N3O4S. The van der Waals surface area contributed by atoms with E-state index in [1.165, 1.54) is 13.4 Å². The first kappa shape index (κ1) is 17.7.